The minimum atomic E-state index is 0.546. The lowest BCUT2D eigenvalue weighted by atomic mass is 9.84. The Bertz CT molecular complexity index is 332. The molecule has 0 fully saturated rings. The van der Waals surface area contributed by atoms with Crippen LogP contribution in [0, 0.1) is 5.92 Å². The molecule has 90 valence electrons. The van der Waals surface area contributed by atoms with Crippen LogP contribution in [-0.2, 0) is 0 Å². The summed E-state index contributed by atoms with van der Waals surface area (Å²) < 4.78 is 0. The highest BCUT2D eigenvalue weighted by Crippen LogP contribution is 2.35. The van der Waals surface area contributed by atoms with Crippen molar-refractivity contribution in [3.05, 3.63) is 33.8 Å². The van der Waals surface area contributed by atoms with E-state index in [1.165, 1.54) is 24.8 Å². The first-order valence-corrected chi connectivity index (χ1v) is 6.76. The molecule has 0 saturated heterocycles. The van der Waals surface area contributed by atoms with Crippen LogP contribution in [0.15, 0.2) is 18.2 Å². The van der Waals surface area contributed by atoms with Gasteiger partial charge in [-0.1, -0.05) is 62.9 Å². The largest absolute Gasteiger partial charge is 0.0843 e. The Hall–Kier alpha value is -0.200. The Kier molecular flexibility index (Phi) is 5.64. The standard InChI is InChI=1S/C14H20Cl2/c1-4-5-6-12(10(2)3)13-8-7-11(15)9-14(13)16/h7-10,12H,4-6H2,1-3H3. The molecule has 1 unspecified atom stereocenters. The molecule has 0 aliphatic heterocycles. The lowest BCUT2D eigenvalue weighted by molar-refractivity contribution is 0.453. The smallest absolute Gasteiger partial charge is 0.0455 e. The fraction of sp³-hybridized carbons (Fsp3) is 0.571. The number of benzene rings is 1. The molecule has 0 spiro atoms. The molecule has 0 saturated carbocycles. The first-order chi connectivity index (χ1) is 7.56. The molecular formula is C14H20Cl2. The third-order valence-corrected chi connectivity index (χ3v) is 3.60. The number of hydrogen-bond acceptors (Lipinski definition) is 0. The van der Waals surface area contributed by atoms with Gasteiger partial charge < -0.3 is 0 Å². The van der Waals surface area contributed by atoms with Gasteiger partial charge in [0, 0.05) is 10.0 Å². The Balaban J connectivity index is 2.92. The molecule has 1 rings (SSSR count). The van der Waals surface area contributed by atoms with Crippen LogP contribution >= 0.6 is 23.2 Å². The molecule has 0 amide bonds. The van der Waals surface area contributed by atoms with Gasteiger partial charge in [-0.2, -0.15) is 0 Å². The highest BCUT2D eigenvalue weighted by molar-refractivity contribution is 6.35. The average Bonchev–Trinajstić information content (AvgIpc) is 2.20. The summed E-state index contributed by atoms with van der Waals surface area (Å²) in [7, 11) is 0. The Morgan fingerprint density at radius 1 is 1.19 bits per heavy atom. The van der Waals surface area contributed by atoms with Crippen molar-refractivity contribution in [3.8, 4) is 0 Å². The molecule has 1 aromatic carbocycles. The van der Waals surface area contributed by atoms with Crippen molar-refractivity contribution in [2.45, 2.75) is 46.0 Å². The Morgan fingerprint density at radius 2 is 1.88 bits per heavy atom. The molecule has 0 aliphatic rings. The van der Waals surface area contributed by atoms with Gasteiger partial charge in [-0.25, -0.2) is 0 Å². The topological polar surface area (TPSA) is 0 Å². The lowest BCUT2D eigenvalue weighted by Crippen LogP contribution is -2.07. The number of rotatable bonds is 5. The number of unbranched alkanes of at least 4 members (excludes halogenated alkanes) is 1. The van der Waals surface area contributed by atoms with E-state index in [2.05, 4.69) is 26.8 Å². The van der Waals surface area contributed by atoms with Gasteiger partial charge in [-0.05, 0) is 36.0 Å². The van der Waals surface area contributed by atoms with Crippen LogP contribution in [0.5, 0.6) is 0 Å². The second kappa shape index (κ2) is 6.51. The quantitative estimate of drug-likeness (QED) is 0.615. The molecule has 0 bridgehead atoms. The van der Waals surface area contributed by atoms with E-state index in [1.54, 1.807) is 0 Å². The number of halogens is 2. The van der Waals surface area contributed by atoms with Gasteiger partial charge >= 0.3 is 0 Å². The van der Waals surface area contributed by atoms with Gasteiger partial charge in [0.15, 0.2) is 0 Å². The molecule has 16 heavy (non-hydrogen) atoms. The molecule has 0 heterocycles. The van der Waals surface area contributed by atoms with Gasteiger partial charge in [0.2, 0.25) is 0 Å². The fourth-order valence-corrected chi connectivity index (χ4v) is 2.62. The van der Waals surface area contributed by atoms with E-state index < -0.39 is 0 Å². The lowest BCUT2D eigenvalue weighted by Gasteiger charge is -2.22. The normalized spacial score (nSPS) is 13.1. The summed E-state index contributed by atoms with van der Waals surface area (Å²) in [6, 6.07) is 5.86. The molecule has 2 heteroatoms. The summed E-state index contributed by atoms with van der Waals surface area (Å²) in [5.74, 6) is 1.16. The van der Waals surface area contributed by atoms with Crippen molar-refractivity contribution >= 4 is 23.2 Å². The van der Waals surface area contributed by atoms with E-state index in [-0.39, 0.29) is 0 Å². The van der Waals surface area contributed by atoms with Gasteiger partial charge in [0.05, 0.1) is 0 Å². The van der Waals surface area contributed by atoms with Crippen molar-refractivity contribution in [1.29, 1.82) is 0 Å². The molecule has 0 N–H and O–H groups in total. The van der Waals surface area contributed by atoms with E-state index in [0.29, 0.717) is 16.9 Å². The van der Waals surface area contributed by atoms with Crippen LogP contribution in [0.3, 0.4) is 0 Å². The van der Waals surface area contributed by atoms with Crippen molar-refractivity contribution in [1.82, 2.24) is 0 Å². The van der Waals surface area contributed by atoms with Crippen molar-refractivity contribution < 1.29 is 0 Å². The van der Waals surface area contributed by atoms with E-state index in [0.717, 1.165) is 5.02 Å². The maximum absolute atomic E-state index is 6.26. The SMILES string of the molecule is CCCCC(c1ccc(Cl)cc1Cl)C(C)C. The maximum Gasteiger partial charge on any atom is 0.0455 e. The fourth-order valence-electron chi connectivity index (χ4n) is 2.07. The van der Waals surface area contributed by atoms with Crippen LogP contribution in [0.1, 0.15) is 51.5 Å². The molecule has 0 nitrogen and oxygen atoms in total. The third-order valence-electron chi connectivity index (χ3n) is 3.04. The first-order valence-electron chi connectivity index (χ1n) is 6.01. The third kappa shape index (κ3) is 3.68. The summed E-state index contributed by atoms with van der Waals surface area (Å²) in [6.07, 6.45) is 3.69. The van der Waals surface area contributed by atoms with Crippen molar-refractivity contribution in [2.24, 2.45) is 5.92 Å². The molecule has 0 radical (unpaired) electrons. The van der Waals surface area contributed by atoms with E-state index >= 15 is 0 Å². The average molecular weight is 259 g/mol. The highest BCUT2D eigenvalue weighted by atomic mass is 35.5. The summed E-state index contributed by atoms with van der Waals surface area (Å²) >= 11 is 12.2. The Labute approximate surface area is 109 Å². The van der Waals surface area contributed by atoms with E-state index in [1.807, 2.05) is 12.1 Å². The molecule has 0 aliphatic carbocycles. The minimum absolute atomic E-state index is 0.546. The van der Waals surface area contributed by atoms with Crippen LogP contribution in [0.4, 0.5) is 0 Å². The summed E-state index contributed by atoms with van der Waals surface area (Å²) in [4.78, 5) is 0. The summed E-state index contributed by atoms with van der Waals surface area (Å²) in [6.45, 7) is 6.73. The second-order valence-electron chi connectivity index (χ2n) is 4.66. The molecular weight excluding hydrogens is 239 g/mol. The molecule has 1 aromatic rings. The molecule has 1 atom stereocenters. The van der Waals surface area contributed by atoms with Gasteiger partial charge in [0.1, 0.15) is 0 Å². The van der Waals surface area contributed by atoms with Crippen molar-refractivity contribution in [2.75, 3.05) is 0 Å². The second-order valence-corrected chi connectivity index (χ2v) is 5.50. The van der Waals surface area contributed by atoms with E-state index in [9.17, 15) is 0 Å². The predicted octanol–water partition coefficient (Wildman–Crippen LogP) is 5.92. The van der Waals surface area contributed by atoms with Gasteiger partial charge in [-0.3, -0.25) is 0 Å². The monoisotopic (exact) mass is 258 g/mol. The van der Waals surface area contributed by atoms with Gasteiger partial charge in [-0.15, -0.1) is 0 Å². The summed E-state index contributed by atoms with van der Waals surface area (Å²) in [5.41, 5.74) is 1.24. The van der Waals surface area contributed by atoms with E-state index in [4.69, 9.17) is 23.2 Å². The zero-order valence-corrected chi connectivity index (χ0v) is 11.8. The first kappa shape index (κ1) is 13.9. The highest BCUT2D eigenvalue weighted by Gasteiger charge is 2.17. The minimum Gasteiger partial charge on any atom is -0.0843 e. The van der Waals surface area contributed by atoms with Crippen LogP contribution in [0.2, 0.25) is 10.0 Å². The maximum atomic E-state index is 6.26. The van der Waals surface area contributed by atoms with Crippen LogP contribution < -0.4 is 0 Å². The molecule has 0 aromatic heterocycles. The van der Waals surface area contributed by atoms with Gasteiger partial charge in [0.25, 0.3) is 0 Å². The zero-order valence-electron chi connectivity index (χ0n) is 10.3. The Morgan fingerprint density at radius 3 is 2.38 bits per heavy atom. The predicted molar refractivity (Wildman–Crippen MR) is 73.6 cm³/mol. The van der Waals surface area contributed by atoms with Crippen LogP contribution in [0.25, 0.3) is 0 Å². The number of hydrogen-bond donors (Lipinski definition) is 0. The zero-order chi connectivity index (χ0) is 12.1. The van der Waals surface area contributed by atoms with Crippen LogP contribution in [-0.4, -0.2) is 0 Å². The summed E-state index contributed by atoms with van der Waals surface area (Å²) in [5, 5.41) is 1.52. The van der Waals surface area contributed by atoms with Crippen molar-refractivity contribution in [3.63, 3.8) is 0 Å².